The van der Waals surface area contributed by atoms with Crippen LogP contribution in [0.2, 0.25) is 0 Å². The molecule has 31 heavy (non-hydrogen) atoms. The van der Waals surface area contributed by atoms with E-state index in [1.54, 1.807) is 0 Å². The highest BCUT2D eigenvalue weighted by atomic mass is 16.2. The smallest absolute Gasteiger partial charge is 0.253 e. The Hall–Kier alpha value is -3.19. The zero-order chi connectivity index (χ0) is 22.4. The number of nitriles is 1. The van der Waals surface area contributed by atoms with Crippen molar-refractivity contribution in [2.75, 3.05) is 13.1 Å². The lowest BCUT2D eigenvalue weighted by Gasteiger charge is -2.39. The fraction of sp³-hybridized carbons (Fsp3) is 0.370. The fourth-order valence-electron chi connectivity index (χ4n) is 3.78. The van der Waals surface area contributed by atoms with Crippen LogP contribution in [0, 0.1) is 24.2 Å². The second-order valence-electron chi connectivity index (χ2n) is 8.35. The lowest BCUT2D eigenvalue weighted by Crippen LogP contribution is -2.48. The molecule has 1 aliphatic heterocycles. The van der Waals surface area contributed by atoms with Gasteiger partial charge < -0.3 is 4.90 Å². The van der Waals surface area contributed by atoms with Crippen molar-refractivity contribution in [1.29, 1.82) is 5.26 Å². The number of benzene rings is 2. The van der Waals surface area contributed by atoms with Gasteiger partial charge in [0.1, 0.15) is 0 Å². The number of aryl methyl sites for hydroxylation is 1. The van der Waals surface area contributed by atoms with Crippen molar-refractivity contribution in [2.45, 2.75) is 46.5 Å². The Balaban J connectivity index is 1.67. The first-order valence-electron chi connectivity index (χ1n) is 11.1. The zero-order valence-corrected chi connectivity index (χ0v) is 18.9. The fourth-order valence-corrected chi connectivity index (χ4v) is 3.78. The Bertz CT molecular complexity index is 1020. The van der Waals surface area contributed by atoms with E-state index in [-0.39, 0.29) is 5.91 Å². The first-order valence-corrected chi connectivity index (χ1v) is 11.1. The molecule has 4 heteroatoms. The maximum absolute atomic E-state index is 13.0. The molecule has 0 radical (unpaired) electrons. The van der Waals surface area contributed by atoms with Crippen LogP contribution in [0.3, 0.4) is 0 Å². The van der Waals surface area contributed by atoms with Crippen LogP contribution in [0.1, 0.15) is 72.1 Å². The Labute approximate surface area is 185 Å². The summed E-state index contributed by atoms with van der Waals surface area (Å²) in [6.07, 6.45) is 6.28. The van der Waals surface area contributed by atoms with E-state index in [4.69, 9.17) is 5.26 Å². The van der Waals surface area contributed by atoms with Crippen LogP contribution in [0.4, 0.5) is 0 Å². The molecule has 2 aromatic carbocycles. The normalized spacial score (nSPS) is 14.7. The van der Waals surface area contributed by atoms with Crippen LogP contribution >= 0.6 is 0 Å². The van der Waals surface area contributed by atoms with Crippen molar-refractivity contribution in [3.8, 4) is 6.07 Å². The summed E-state index contributed by atoms with van der Waals surface area (Å²) in [5, 5.41) is 8.94. The van der Waals surface area contributed by atoms with Crippen molar-refractivity contribution in [3.05, 3.63) is 76.0 Å². The van der Waals surface area contributed by atoms with Crippen molar-refractivity contribution in [1.82, 2.24) is 4.90 Å². The Morgan fingerprint density at radius 3 is 2.48 bits per heavy atom. The molecule has 0 unspecified atom stereocenters. The van der Waals surface area contributed by atoms with Gasteiger partial charge in [-0.05, 0) is 79.6 Å². The summed E-state index contributed by atoms with van der Waals surface area (Å²) in [5.74, 6) is 0.911. The molecule has 0 aliphatic carbocycles. The number of rotatable bonds is 7. The van der Waals surface area contributed by atoms with Crippen molar-refractivity contribution >= 4 is 18.2 Å². The van der Waals surface area contributed by atoms with Gasteiger partial charge in [0.05, 0.1) is 11.6 Å². The van der Waals surface area contributed by atoms with Gasteiger partial charge in [0.25, 0.3) is 5.91 Å². The number of hydrogen-bond acceptors (Lipinski definition) is 3. The van der Waals surface area contributed by atoms with E-state index in [2.05, 4.69) is 37.9 Å². The van der Waals surface area contributed by atoms with Crippen LogP contribution in [-0.2, 0) is 0 Å². The number of nitrogens with zero attached hydrogens (tertiary/aromatic N) is 3. The predicted octanol–water partition coefficient (Wildman–Crippen LogP) is 5.97. The Morgan fingerprint density at radius 1 is 1.19 bits per heavy atom. The maximum atomic E-state index is 13.0. The molecular formula is C27H31N3O. The van der Waals surface area contributed by atoms with Crippen molar-refractivity contribution in [2.24, 2.45) is 10.9 Å². The Kier molecular flexibility index (Phi) is 7.41. The van der Waals surface area contributed by atoms with Gasteiger partial charge in [-0.3, -0.25) is 9.79 Å². The number of allylic oxidation sites excluding steroid dienone is 1. The summed E-state index contributed by atoms with van der Waals surface area (Å²) in [4.78, 5) is 19.5. The largest absolute Gasteiger partial charge is 0.337 e. The molecule has 4 nitrogen and oxygen atoms in total. The van der Waals surface area contributed by atoms with Gasteiger partial charge >= 0.3 is 0 Å². The van der Waals surface area contributed by atoms with E-state index < -0.39 is 0 Å². The summed E-state index contributed by atoms with van der Waals surface area (Å²) in [7, 11) is 0. The third-order valence-corrected chi connectivity index (χ3v) is 6.11. The molecule has 2 aromatic rings. The minimum absolute atomic E-state index is 0.0673. The van der Waals surface area contributed by atoms with Gasteiger partial charge in [-0.1, -0.05) is 32.0 Å². The maximum Gasteiger partial charge on any atom is 0.253 e. The number of carbonyl (C=O) groups excluding carboxylic acids is 1. The molecule has 0 bridgehead atoms. The number of hydrogen-bond donors (Lipinski definition) is 0. The molecule has 1 heterocycles. The molecule has 0 N–H and O–H groups in total. The van der Waals surface area contributed by atoms with Crippen LogP contribution in [0.5, 0.6) is 0 Å². The number of aliphatic imine (C=N–C) groups is 1. The average molecular weight is 414 g/mol. The monoisotopic (exact) mass is 413 g/mol. The minimum Gasteiger partial charge on any atom is -0.337 e. The zero-order valence-electron chi connectivity index (χ0n) is 18.9. The molecule has 1 fully saturated rings. The molecule has 3 rings (SSSR count). The lowest BCUT2D eigenvalue weighted by atomic mass is 9.90. The number of amides is 1. The summed E-state index contributed by atoms with van der Waals surface area (Å²) >= 11 is 0. The summed E-state index contributed by atoms with van der Waals surface area (Å²) in [5.41, 5.74) is 5.68. The van der Waals surface area contributed by atoms with Gasteiger partial charge in [-0.25, -0.2) is 0 Å². The summed E-state index contributed by atoms with van der Waals surface area (Å²) < 4.78 is 0. The van der Waals surface area contributed by atoms with Crippen LogP contribution in [-0.4, -0.2) is 30.1 Å². The van der Waals surface area contributed by atoms with Gasteiger partial charge in [-0.2, -0.15) is 5.26 Å². The second-order valence-corrected chi connectivity index (χ2v) is 8.35. The van der Waals surface area contributed by atoms with Crippen LogP contribution in [0.15, 0.2) is 53.2 Å². The first kappa shape index (κ1) is 22.5. The highest BCUT2D eigenvalue weighted by Gasteiger charge is 2.32. The predicted molar refractivity (Wildman–Crippen MR) is 127 cm³/mol. The van der Waals surface area contributed by atoms with Gasteiger partial charge in [0, 0.05) is 36.5 Å². The molecule has 160 valence electrons. The van der Waals surface area contributed by atoms with Gasteiger partial charge in [0.15, 0.2) is 0 Å². The summed E-state index contributed by atoms with van der Waals surface area (Å²) in [6.45, 7) is 9.85. The van der Waals surface area contributed by atoms with Crippen LogP contribution < -0.4 is 0 Å². The molecule has 0 spiro atoms. The minimum atomic E-state index is 0.0673. The molecule has 1 amide bonds. The topological polar surface area (TPSA) is 56.5 Å². The molecule has 0 atom stereocenters. The van der Waals surface area contributed by atoms with Crippen molar-refractivity contribution < 1.29 is 4.79 Å². The summed E-state index contributed by atoms with van der Waals surface area (Å²) in [6, 6.07) is 15.7. The van der Waals surface area contributed by atoms with Crippen LogP contribution in [0.25, 0.3) is 6.08 Å². The lowest BCUT2D eigenvalue weighted by molar-refractivity contribution is 0.0602. The number of carbonyl (C=O) groups is 1. The molecule has 1 aliphatic rings. The Morgan fingerprint density at radius 2 is 1.87 bits per heavy atom. The molecule has 0 saturated carbocycles. The molecule has 0 aromatic heterocycles. The second kappa shape index (κ2) is 10.2. The molecular weight excluding hydrogens is 382 g/mol. The van der Waals surface area contributed by atoms with E-state index in [0.29, 0.717) is 36.1 Å². The average Bonchev–Trinajstić information content (AvgIpc) is 2.75. The number of likely N-dealkylation sites (tertiary alicyclic amines) is 1. The molecule has 1 saturated heterocycles. The third kappa shape index (κ3) is 5.49. The highest BCUT2D eigenvalue weighted by molar-refractivity contribution is 5.95. The van der Waals surface area contributed by atoms with E-state index in [1.165, 1.54) is 5.56 Å². The van der Waals surface area contributed by atoms with Gasteiger partial charge in [0.2, 0.25) is 0 Å². The van der Waals surface area contributed by atoms with E-state index in [0.717, 1.165) is 29.7 Å². The first-order chi connectivity index (χ1) is 14.9. The van der Waals surface area contributed by atoms with E-state index in [9.17, 15) is 4.79 Å². The van der Waals surface area contributed by atoms with Gasteiger partial charge in [-0.15, -0.1) is 0 Å². The quantitative estimate of drug-likeness (QED) is 0.525. The SMILES string of the molecule is CCC(C=NC(C)=Cc1cc(C(=O)N2CC(c3ccc(C#N)cc3)C2)ccc1C)CC. The van der Waals surface area contributed by atoms with Crippen molar-refractivity contribution in [3.63, 3.8) is 0 Å². The van der Waals surface area contributed by atoms with E-state index in [1.807, 2.05) is 60.5 Å². The standard InChI is InChI=1S/C27H31N3O/c1-5-21(6-2)16-29-20(4)13-25-14-24(10-7-19(25)3)27(31)30-17-26(18-30)23-11-8-22(15-28)9-12-23/h7-14,16,21,26H,5-6,17-18H2,1-4H3. The third-order valence-electron chi connectivity index (χ3n) is 6.11. The highest BCUT2D eigenvalue weighted by Crippen LogP contribution is 2.29. The van der Waals surface area contributed by atoms with E-state index >= 15 is 0 Å².